The average molecular weight is 200 g/mol. The first-order valence-electron chi connectivity index (χ1n) is 5.19. The van der Waals surface area contributed by atoms with Gasteiger partial charge in [-0.2, -0.15) is 0 Å². The maximum absolute atomic E-state index is 5.70. The molecular weight excluding hydrogens is 180 g/mol. The molecule has 0 aromatic carbocycles. The minimum Gasteiger partial charge on any atom is -0.376 e. The highest BCUT2D eigenvalue weighted by atomic mass is 16.7. The average Bonchev–Trinajstić information content (AvgIpc) is 2.21. The van der Waals surface area contributed by atoms with Crippen LogP contribution in [0.5, 0.6) is 0 Å². The van der Waals surface area contributed by atoms with Crippen molar-refractivity contribution in [2.24, 2.45) is 11.8 Å². The molecule has 0 bridgehead atoms. The van der Waals surface area contributed by atoms with Crippen LogP contribution >= 0.6 is 0 Å². The van der Waals surface area contributed by atoms with E-state index in [1.807, 2.05) is 0 Å². The standard InChI is InChI=1S/C11H20O3/c1-6-9-7(2)8(3)10(12-4)11(13-5)14-9/h5,7-11H,6H2,1-4H3/t7-,8-,9+,10-,11?/m0/s1. The summed E-state index contributed by atoms with van der Waals surface area (Å²) in [4.78, 5) is 0. The molecule has 3 heteroatoms. The molecule has 0 saturated carbocycles. The highest BCUT2D eigenvalue weighted by Gasteiger charge is 2.41. The number of hydrogen-bond acceptors (Lipinski definition) is 3. The number of hydrogen-bond donors (Lipinski definition) is 0. The van der Waals surface area contributed by atoms with E-state index >= 15 is 0 Å². The molecule has 1 fully saturated rings. The zero-order chi connectivity index (χ0) is 10.7. The van der Waals surface area contributed by atoms with Crippen molar-refractivity contribution < 1.29 is 14.2 Å². The van der Waals surface area contributed by atoms with Gasteiger partial charge in [0.25, 0.3) is 0 Å². The molecule has 1 saturated heterocycles. The van der Waals surface area contributed by atoms with E-state index in [4.69, 9.17) is 21.3 Å². The summed E-state index contributed by atoms with van der Waals surface area (Å²) in [6.45, 7) is 6.43. The van der Waals surface area contributed by atoms with Crippen LogP contribution in [0.4, 0.5) is 0 Å². The highest BCUT2D eigenvalue weighted by molar-refractivity contribution is 4.84. The van der Waals surface area contributed by atoms with Crippen LogP contribution in [0.25, 0.3) is 0 Å². The van der Waals surface area contributed by atoms with Gasteiger partial charge in [-0.1, -0.05) is 20.8 Å². The molecule has 0 spiro atoms. The minimum absolute atomic E-state index is 0.0715. The Kier molecular flexibility index (Phi) is 4.35. The summed E-state index contributed by atoms with van der Waals surface area (Å²) in [7, 11) is 6.85. The van der Waals surface area contributed by atoms with Crippen LogP contribution in [0, 0.1) is 18.9 Å². The van der Waals surface area contributed by atoms with Crippen molar-refractivity contribution in [3.05, 3.63) is 7.11 Å². The van der Waals surface area contributed by atoms with Crippen LogP contribution in [-0.4, -0.2) is 25.6 Å². The van der Waals surface area contributed by atoms with E-state index in [0.717, 1.165) is 6.42 Å². The van der Waals surface area contributed by atoms with E-state index in [2.05, 4.69) is 20.8 Å². The molecule has 0 aromatic heterocycles. The molecule has 1 unspecified atom stereocenters. The molecule has 1 aliphatic rings. The fourth-order valence-electron chi connectivity index (χ4n) is 2.16. The first kappa shape index (κ1) is 12.0. The molecule has 1 rings (SSSR count). The maximum Gasteiger partial charge on any atom is 0.184 e. The van der Waals surface area contributed by atoms with Gasteiger partial charge in [-0.25, -0.2) is 0 Å². The molecule has 5 atom stereocenters. The predicted octanol–water partition coefficient (Wildman–Crippen LogP) is 2.09. The summed E-state index contributed by atoms with van der Waals surface area (Å²) in [5.41, 5.74) is 0. The van der Waals surface area contributed by atoms with Crippen LogP contribution < -0.4 is 0 Å². The first-order valence-corrected chi connectivity index (χ1v) is 5.19. The van der Waals surface area contributed by atoms with Gasteiger partial charge in [-0.15, -0.1) is 0 Å². The molecule has 1 aliphatic heterocycles. The molecule has 82 valence electrons. The Balaban J connectivity index is 2.71. The van der Waals surface area contributed by atoms with Crippen molar-refractivity contribution in [1.29, 1.82) is 0 Å². The lowest BCUT2D eigenvalue weighted by Gasteiger charge is -2.43. The molecule has 0 aromatic rings. The summed E-state index contributed by atoms with van der Waals surface area (Å²) in [6.07, 6.45) is 0.681. The van der Waals surface area contributed by atoms with Crippen LogP contribution in [0.2, 0.25) is 0 Å². The Bertz CT molecular complexity index is 170. The lowest BCUT2D eigenvalue weighted by Crippen LogP contribution is -2.50. The fraction of sp³-hybridized carbons (Fsp3) is 0.909. The number of methoxy groups -OCH3 is 1. The SMILES string of the molecule is [CH]OC1O[C@H](CC)[C@@H](C)[C@H](C)[C@@H]1OC. The second-order valence-electron chi connectivity index (χ2n) is 4.01. The van der Waals surface area contributed by atoms with Gasteiger partial charge in [0.15, 0.2) is 6.29 Å². The van der Waals surface area contributed by atoms with Gasteiger partial charge in [0.1, 0.15) is 13.2 Å². The molecule has 0 amide bonds. The molecule has 0 aliphatic carbocycles. The molecular formula is C11H20O3. The van der Waals surface area contributed by atoms with Gasteiger partial charge >= 0.3 is 0 Å². The summed E-state index contributed by atoms with van der Waals surface area (Å²) in [5, 5.41) is 0. The Hall–Kier alpha value is -0.120. The quantitative estimate of drug-likeness (QED) is 0.698. The van der Waals surface area contributed by atoms with Gasteiger partial charge in [0, 0.05) is 7.11 Å². The fourth-order valence-corrected chi connectivity index (χ4v) is 2.16. The van der Waals surface area contributed by atoms with Gasteiger partial charge in [-0.05, 0) is 18.3 Å². The highest BCUT2D eigenvalue weighted by Crippen LogP contribution is 2.33. The van der Waals surface area contributed by atoms with Crippen molar-refractivity contribution in [3.63, 3.8) is 0 Å². The van der Waals surface area contributed by atoms with Crippen molar-refractivity contribution in [2.75, 3.05) is 7.11 Å². The van der Waals surface area contributed by atoms with Gasteiger partial charge in [0.05, 0.1) is 6.10 Å². The summed E-state index contributed by atoms with van der Waals surface area (Å²) >= 11 is 0. The molecule has 14 heavy (non-hydrogen) atoms. The van der Waals surface area contributed by atoms with Gasteiger partial charge in [0.2, 0.25) is 0 Å². The van der Waals surface area contributed by atoms with E-state index in [0.29, 0.717) is 11.8 Å². The topological polar surface area (TPSA) is 27.7 Å². The second-order valence-corrected chi connectivity index (χ2v) is 4.01. The Labute approximate surface area is 86.7 Å². The van der Waals surface area contributed by atoms with Crippen LogP contribution in [0.1, 0.15) is 27.2 Å². The van der Waals surface area contributed by atoms with E-state index in [-0.39, 0.29) is 12.2 Å². The Morgan fingerprint density at radius 3 is 2.36 bits per heavy atom. The van der Waals surface area contributed by atoms with Crippen molar-refractivity contribution in [3.8, 4) is 0 Å². The molecule has 1 heterocycles. The predicted molar refractivity (Wildman–Crippen MR) is 53.5 cm³/mol. The van der Waals surface area contributed by atoms with Crippen LogP contribution in [0.15, 0.2) is 0 Å². The smallest absolute Gasteiger partial charge is 0.184 e. The Morgan fingerprint density at radius 1 is 1.29 bits per heavy atom. The Morgan fingerprint density at radius 2 is 1.93 bits per heavy atom. The van der Waals surface area contributed by atoms with Gasteiger partial charge in [-0.3, -0.25) is 0 Å². The number of rotatable bonds is 3. The third-order valence-corrected chi connectivity index (χ3v) is 3.32. The maximum atomic E-state index is 5.70. The first-order chi connectivity index (χ1) is 6.65. The van der Waals surface area contributed by atoms with E-state index in [9.17, 15) is 0 Å². The summed E-state index contributed by atoms with van der Waals surface area (Å²) < 4.78 is 15.8. The zero-order valence-electron chi connectivity index (χ0n) is 9.40. The normalized spacial score (nSPS) is 43.9. The zero-order valence-corrected chi connectivity index (χ0v) is 9.40. The van der Waals surface area contributed by atoms with Crippen molar-refractivity contribution in [2.45, 2.75) is 45.7 Å². The minimum atomic E-state index is -0.434. The monoisotopic (exact) mass is 200 g/mol. The van der Waals surface area contributed by atoms with Crippen molar-refractivity contribution in [1.82, 2.24) is 0 Å². The lowest BCUT2D eigenvalue weighted by molar-refractivity contribution is -0.260. The lowest BCUT2D eigenvalue weighted by atomic mass is 9.82. The van der Waals surface area contributed by atoms with E-state index < -0.39 is 6.29 Å². The third kappa shape index (κ3) is 2.10. The third-order valence-electron chi connectivity index (χ3n) is 3.32. The van der Waals surface area contributed by atoms with Crippen molar-refractivity contribution >= 4 is 0 Å². The summed E-state index contributed by atoms with van der Waals surface area (Å²) in [5.74, 6) is 0.864. The van der Waals surface area contributed by atoms with Crippen LogP contribution in [0.3, 0.4) is 0 Å². The molecule has 3 nitrogen and oxygen atoms in total. The number of ether oxygens (including phenoxy) is 3. The van der Waals surface area contributed by atoms with E-state index in [1.54, 1.807) is 7.11 Å². The van der Waals surface area contributed by atoms with Crippen LogP contribution in [-0.2, 0) is 14.2 Å². The molecule has 2 radical (unpaired) electrons. The largest absolute Gasteiger partial charge is 0.376 e. The summed E-state index contributed by atoms with van der Waals surface area (Å²) in [6, 6.07) is 0. The molecule has 0 N–H and O–H groups in total. The van der Waals surface area contributed by atoms with Gasteiger partial charge < -0.3 is 14.2 Å². The van der Waals surface area contributed by atoms with E-state index in [1.165, 1.54) is 0 Å². The second kappa shape index (κ2) is 5.10.